The molecule has 0 aromatic carbocycles. The lowest BCUT2D eigenvalue weighted by Gasteiger charge is -2.39. The van der Waals surface area contributed by atoms with Gasteiger partial charge in [-0.05, 0) is 31.6 Å². The van der Waals surface area contributed by atoms with Gasteiger partial charge in [-0.3, -0.25) is 14.6 Å². The van der Waals surface area contributed by atoms with Crippen LogP contribution in [0.1, 0.15) is 32.6 Å². The van der Waals surface area contributed by atoms with Gasteiger partial charge in [0.05, 0.1) is 0 Å². The standard InChI is InChI=1S/C16H29N3OS/c1-2-21-14-6-3-4-8-19(12-14)16(20)15-13-17-7-5-9-18(15)11-10-17/h14-15H,2-13H2,1H3/t14-,15-/m0/s1. The Morgan fingerprint density at radius 2 is 1.95 bits per heavy atom. The van der Waals surface area contributed by atoms with Crippen LogP contribution in [0.25, 0.3) is 0 Å². The van der Waals surface area contributed by atoms with Crippen molar-refractivity contribution in [3.63, 3.8) is 0 Å². The zero-order chi connectivity index (χ0) is 14.7. The minimum atomic E-state index is 0.131. The summed E-state index contributed by atoms with van der Waals surface area (Å²) in [6.07, 6.45) is 4.96. The number of thioether (sulfide) groups is 1. The summed E-state index contributed by atoms with van der Waals surface area (Å²) >= 11 is 2.03. The highest BCUT2D eigenvalue weighted by Gasteiger charge is 2.37. The number of hydrogen-bond acceptors (Lipinski definition) is 4. The summed E-state index contributed by atoms with van der Waals surface area (Å²) < 4.78 is 0. The highest BCUT2D eigenvalue weighted by atomic mass is 32.2. The molecule has 4 rings (SSSR count). The van der Waals surface area contributed by atoms with Crippen LogP contribution in [0, 0.1) is 0 Å². The monoisotopic (exact) mass is 311 g/mol. The number of nitrogens with zero attached hydrogens (tertiary/aromatic N) is 3. The number of hydrogen-bond donors (Lipinski definition) is 0. The molecule has 120 valence electrons. The molecule has 4 aliphatic heterocycles. The van der Waals surface area contributed by atoms with Crippen molar-refractivity contribution in [3.05, 3.63) is 0 Å². The molecule has 4 fully saturated rings. The molecule has 0 aromatic rings. The van der Waals surface area contributed by atoms with Crippen molar-refractivity contribution in [1.82, 2.24) is 14.7 Å². The van der Waals surface area contributed by atoms with Crippen molar-refractivity contribution in [2.24, 2.45) is 0 Å². The summed E-state index contributed by atoms with van der Waals surface area (Å²) in [5.41, 5.74) is 0. The van der Waals surface area contributed by atoms with Gasteiger partial charge in [-0.25, -0.2) is 0 Å². The number of carbonyl (C=O) groups excluding carboxylic acids is 1. The second-order valence-corrected chi connectivity index (χ2v) is 8.14. The maximum Gasteiger partial charge on any atom is 0.241 e. The Morgan fingerprint density at radius 3 is 2.81 bits per heavy atom. The first-order chi connectivity index (χ1) is 10.3. The van der Waals surface area contributed by atoms with Crippen molar-refractivity contribution in [1.29, 1.82) is 0 Å². The smallest absolute Gasteiger partial charge is 0.241 e. The predicted molar refractivity (Wildman–Crippen MR) is 88.8 cm³/mol. The molecule has 5 heteroatoms. The Morgan fingerprint density at radius 1 is 1.05 bits per heavy atom. The summed E-state index contributed by atoms with van der Waals surface area (Å²) in [5, 5.41) is 0.653. The van der Waals surface area contributed by atoms with E-state index < -0.39 is 0 Å². The van der Waals surface area contributed by atoms with Crippen molar-refractivity contribution < 1.29 is 4.79 Å². The fraction of sp³-hybridized carbons (Fsp3) is 0.938. The van der Waals surface area contributed by atoms with Crippen LogP contribution >= 0.6 is 11.8 Å². The van der Waals surface area contributed by atoms with E-state index in [1.54, 1.807) is 0 Å². The van der Waals surface area contributed by atoms with Crippen LogP contribution in [0.4, 0.5) is 0 Å². The maximum absolute atomic E-state index is 13.0. The molecule has 21 heavy (non-hydrogen) atoms. The molecule has 0 aliphatic carbocycles. The van der Waals surface area contributed by atoms with Crippen LogP contribution < -0.4 is 0 Å². The third kappa shape index (κ3) is 3.74. The fourth-order valence-electron chi connectivity index (χ4n) is 3.97. The lowest BCUT2D eigenvalue weighted by molar-refractivity contribution is -0.138. The second-order valence-electron chi connectivity index (χ2n) is 6.56. The summed E-state index contributed by atoms with van der Waals surface area (Å²) in [7, 11) is 0. The zero-order valence-corrected chi connectivity index (χ0v) is 14.1. The maximum atomic E-state index is 13.0. The Bertz CT molecular complexity index is 361. The molecule has 0 spiro atoms. The highest BCUT2D eigenvalue weighted by molar-refractivity contribution is 7.99. The number of piperazine rings is 1. The zero-order valence-electron chi connectivity index (χ0n) is 13.3. The molecule has 0 radical (unpaired) electrons. The van der Waals surface area contributed by atoms with Crippen LogP contribution in [-0.2, 0) is 4.79 Å². The largest absolute Gasteiger partial charge is 0.340 e. The SMILES string of the molecule is CCS[C@H]1CCCCN(C(=O)[C@@H]2CN3CCCN2CC3)C1. The summed E-state index contributed by atoms with van der Waals surface area (Å²) in [6, 6.07) is 0.131. The lowest BCUT2D eigenvalue weighted by atomic mass is 10.1. The van der Waals surface area contributed by atoms with E-state index in [4.69, 9.17) is 0 Å². The minimum Gasteiger partial charge on any atom is -0.340 e. The average Bonchev–Trinajstić information content (AvgIpc) is 2.94. The summed E-state index contributed by atoms with van der Waals surface area (Å²) in [5.74, 6) is 1.57. The topological polar surface area (TPSA) is 26.8 Å². The summed E-state index contributed by atoms with van der Waals surface area (Å²) in [4.78, 5) is 20.2. The molecule has 1 amide bonds. The number of amides is 1. The molecule has 4 atom stereocenters. The molecular weight excluding hydrogens is 282 g/mol. The van der Waals surface area contributed by atoms with E-state index in [9.17, 15) is 4.79 Å². The first kappa shape index (κ1) is 15.6. The van der Waals surface area contributed by atoms with Gasteiger partial charge in [-0.1, -0.05) is 13.3 Å². The first-order valence-corrected chi connectivity index (χ1v) is 9.69. The normalized spacial score (nSPS) is 37.1. The van der Waals surface area contributed by atoms with Crippen LogP contribution in [0.5, 0.6) is 0 Å². The molecule has 0 aromatic heterocycles. The Balaban J connectivity index is 1.65. The Labute approximate surface area is 133 Å². The lowest BCUT2D eigenvalue weighted by Crippen LogP contribution is -2.58. The van der Waals surface area contributed by atoms with E-state index in [-0.39, 0.29) is 6.04 Å². The van der Waals surface area contributed by atoms with Crippen molar-refractivity contribution >= 4 is 17.7 Å². The third-order valence-electron chi connectivity index (χ3n) is 5.12. The van der Waals surface area contributed by atoms with E-state index in [0.29, 0.717) is 11.2 Å². The summed E-state index contributed by atoms with van der Waals surface area (Å²) in [6.45, 7) is 9.65. The molecule has 2 bridgehead atoms. The average molecular weight is 311 g/mol. The quantitative estimate of drug-likeness (QED) is 0.789. The molecule has 4 heterocycles. The van der Waals surface area contributed by atoms with Crippen LogP contribution in [0.3, 0.4) is 0 Å². The van der Waals surface area contributed by atoms with Gasteiger partial charge in [0.15, 0.2) is 0 Å². The fourth-order valence-corrected chi connectivity index (χ4v) is 5.06. The Kier molecular flexibility index (Phi) is 5.46. The van der Waals surface area contributed by atoms with Crippen molar-refractivity contribution in [3.8, 4) is 0 Å². The molecule has 0 saturated carbocycles. The van der Waals surface area contributed by atoms with Gasteiger partial charge < -0.3 is 4.90 Å². The van der Waals surface area contributed by atoms with E-state index >= 15 is 0 Å². The van der Waals surface area contributed by atoms with Gasteiger partial charge in [-0.2, -0.15) is 11.8 Å². The van der Waals surface area contributed by atoms with Crippen LogP contribution in [-0.4, -0.2) is 83.5 Å². The number of carbonyl (C=O) groups is 1. The van der Waals surface area contributed by atoms with Crippen molar-refractivity contribution in [2.45, 2.75) is 43.9 Å². The minimum absolute atomic E-state index is 0.131. The molecule has 4 nitrogen and oxygen atoms in total. The first-order valence-electron chi connectivity index (χ1n) is 8.64. The van der Waals surface area contributed by atoms with Crippen LogP contribution in [0.2, 0.25) is 0 Å². The third-order valence-corrected chi connectivity index (χ3v) is 6.31. The van der Waals surface area contributed by atoms with Gasteiger partial charge in [0.25, 0.3) is 0 Å². The molecule has 4 saturated heterocycles. The number of likely N-dealkylation sites (tertiary alicyclic amines) is 1. The molecule has 4 aliphatic rings. The highest BCUT2D eigenvalue weighted by Crippen LogP contribution is 2.24. The van der Waals surface area contributed by atoms with Gasteiger partial charge in [-0.15, -0.1) is 0 Å². The number of rotatable bonds is 3. The molecular formula is C16H29N3OS. The van der Waals surface area contributed by atoms with E-state index in [0.717, 1.165) is 45.0 Å². The van der Waals surface area contributed by atoms with Gasteiger partial charge in [0.1, 0.15) is 6.04 Å². The van der Waals surface area contributed by atoms with Gasteiger partial charge in [0, 0.05) is 44.5 Å². The molecule has 0 N–H and O–H groups in total. The molecule has 2 unspecified atom stereocenters. The second kappa shape index (κ2) is 7.34. The van der Waals surface area contributed by atoms with E-state index in [1.807, 2.05) is 11.8 Å². The van der Waals surface area contributed by atoms with Gasteiger partial charge >= 0.3 is 0 Å². The predicted octanol–water partition coefficient (Wildman–Crippen LogP) is 1.51. The van der Waals surface area contributed by atoms with Crippen LogP contribution in [0.15, 0.2) is 0 Å². The van der Waals surface area contributed by atoms with E-state index in [2.05, 4.69) is 21.6 Å². The van der Waals surface area contributed by atoms with Crippen molar-refractivity contribution in [2.75, 3.05) is 51.6 Å². The van der Waals surface area contributed by atoms with Gasteiger partial charge in [0.2, 0.25) is 5.91 Å². The van der Waals surface area contributed by atoms with E-state index in [1.165, 1.54) is 32.2 Å². The Hall–Kier alpha value is -0.260. The number of fused-ring (bicyclic) bond motifs is 4.